The summed E-state index contributed by atoms with van der Waals surface area (Å²) in [5.74, 6) is 0. The fourth-order valence-electron chi connectivity index (χ4n) is 0. The summed E-state index contributed by atoms with van der Waals surface area (Å²) in [6.45, 7) is 0. The molecule has 0 amide bonds. The summed E-state index contributed by atoms with van der Waals surface area (Å²) < 4.78 is 26.7. The Morgan fingerprint density at radius 3 is 1.50 bits per heavy atom. The summed E-state index contributed by atoms with van der Waals surface area (Å²) in [5, 5.41) is 0. The Balaban J connectivity index is 0. The number of rotatable bonds is 0. The summed E-state index contributed by atoms with van der Waals surface area (Å²) in [6.07, 6.45) is 0. The zero-order chi connectivity index (χ0) is 4.50. The van der Waals surface area contributed by atoms with E-state index in [0.29, 0.717) is 0 Å². The molecule has 6 heteroatoms. The Morgan fingerprint density at radius 2 is 1.50 bits per heavy atom. The molecular formula is CdO3S2. The third kappa shape index (κ3) is 62.9. The smallest absolute Gasteiger partial charge is 0.780 e. The third-order valence-corrected chi connectivity index (χ3v) is 0. The fraction of sp³-hybridized carbons (Fsp3) is 0. The van der Waals surface area contributed by atoms with Crippen molar-refractivity contribution in [2.24, 2.45) is 0 Å². The molecule has 0 fully saturated rings. The van der Waals surface area contributed by atoms with Crippen molar-refractivity contribution in [3.8, 4) is 0 Å². The van der Waals surface area contributed by atoms with Crippen LogP contribution in [0, 0.1) is 0 Å². The summed E-state index contributed by atoms with van der Waals surface area (Å²) in [4.78, 5) is 0. The van der Waals surface area contributed by atoms with Gasteiger partial charge in [-0.3, -0.25) is 4.21 Å². The van der Waals surface area contributed by atoms with Crippen molar-refractivity contribution in [2.45, 2.75) is 0 Å². The van der Waals surface area contributed by atoms with Gasteiger partial charge in [-0.2, -0.15) is 0 Å². The first-order valence-electron chi connectivity index (χ1n) is 0.667. The predicted molar refractivity (Wildman–Crippen MR) is 17.1 cm³/mol. The van der Waals surface area contributed by atoms with Crippen molar-refractivity contribution in [3.05, 3.63) is 0 Å². The predicted octanol–water partition coefficient (Wildman–Crippen LogP) is -1.01. The Morgan fingerprint density at radius 1 is 1.50 bits per heavy atom. The van der Waals surface area contributed by atoms with E-state index < -0.39 is 9.05 Å². The van der Waals surface area contributed by atoms with E-state index in [1.54, 1.807) is 0 Å². The van der Waals surface area contributed by atoms with E-state index in [9.17, 15) is 0 Å². The minimum Gasteiger partial charge on any atom is -0.780 e. The first-order valence-corrected chi connectivity index (χ1v) is 3.00. The van der Waals surface area contributed by atoms with Gasteiger partial charge < -0.3 is 9.11 Å². The minimum atomic E-state index is -4.33. The second-order valence-electron chi connectivity index (χ2n) is 0.408. The molecule has 3 nitrogen and oxygen atoms in total. The van der Waals surface area contributed by atoms with Gasteiger partial charge in [0.1, 0.15) is 0 Å². The van der Waals surface area contributed by atoms with Gasteiger partial charge in [-0.15, -0.1) is 9.05 Å². The third-order valence-electron chi connectivity index (χ3n) is 0. The van der Waals surface area contributed by atoms with Crippen LogP contribution in [-0.2, 0) is 47.5 Å². The van der Waals surface area contributed by atoms with Gasteiger partial charge in [-0.05, 0) is 11.2 Å². The molecule has 0 heterocycles. The second kappa shape index (κ2) is 3.24. The zero-order valence-electron chi connectivity index (χ0n) is 2.75. The van der Waals surface area contributed by atoms with Gasteiger partial charge >= 0.3 is 27.3 Å². The van der Waals surface area contributed by atoms with Gasteiger partial charge in [-0.25, -0.2) is 0 Å². The molecule has 0 aromatic heterocycles. The fourth-order valence-corrected chi connectivity index (χ4v) is 0. The van der Waals surface area contributed by atoms with E-state index in [0.717, 1.165) is 0 Å². The average molecular weight is 225 g/mol. The van der Waals surface area contributed by atoms with Crippen LogP contribution in [0.15, 0.2) is 0 Å². The normalized spacial score (nSPS) is 9.67. The van der Waals surface area contributed by atoms with Gasteiger partial charge in [0.15, 0.2) is 0 Å². The van der Waals surface area contributed by atoms with Crippen molar-refractivity contribution in [2.75, 3.05) is 0 Å². The molecule has 0 aliphatic heterocycles. The molecule has 0 spiro atoms. The van der Waals surface area contributed by atoms with Gasteiger partial charge in [-0.1, -0.05) is 0 Å². The molecule has 0 saturated heterocycles. The Bertz CT molecular complexity index is 92.0. The van der Waals surface area contributed by atoms with E-state index in [-0.39, 0.29) is 27.3 Å². The molecule has 0 rings (SSSR count). The molecule has 0 radical (unpaired) electrons. The molecule has 0 aromatic carbocycles. The maximum Gasteiger partial charge on any atom is 2.00 e. The SMILES string of the molecule is O=S([O-])([O-])=S.[Cd+2]. The maximum absolute atomic E-state index is 8.89. The van der Waals surface area contributed by atoms with Crippen LogP contribution in [-0.4, -0.2) is 13.3 Å². The first-order chi connectivity index (χ1) is 2.00. The maximum atomic E-state index is 8.89. The van der Waals surface area contributed by atoms with Crippen molar-refractivity contribution in [1.82, 2.24) is 0 Å². The Hall–Kier alpha value is 1.21. The summed E-state index contributed by atoms with van der Waals surface area (Å²) in [7, 11) is -4.33. The monoisotopic (exact) mass is 226 g/mol. The largest absolute Gasteiger partial charge is 2.00 e. The second-order valence-corrected chi connectivity index (χ2v) is 2.45. The molecular weight excluding hydrogens is 225 g/mol. The first kappa shape index (κ1) is 10.2. The van der Waals surface area contributed by atoms with Gasteiger partial charge in [0.25, 0.3) is 0 Å². The van der Waals surface area contributed by atoms with Gasteiger partial charge in [0, 0.05) is 0 Å². The van der Waals surface area contributed by atoms with Crippen molar-refractivity contribution >= 4 is 20.2 Å². The molecule has 0 N–H and O–H groups in total. The Labute approximate surface area is 60.6 Å². The summed E-state index contributed by atoms with van der Waals surface area (Å²) in [6, 6.07) is 0. The summed E-state index contributed by atoms with van der Waals surface area (Å²) in [5.41, 5.74) is 0. The van der Waals surface area contributed by atoms with E-state index in [1.807, 2.05) is 0 Å². The van der Waals surface area contributed by atoms with E-state index in [4.69, 9.17) is 13.3 Å². The van der Waals surface area contributed by atoms with Gasteiger partial charge in [0.05, 0.1) is 0 Å². The van der Waals surface area contributed by atoms with Crippen molar-refractivity contribution in [3.63, 3.8) is 0 Å². The summed E-state index contributed by atoms with van der Waals surface area (Å²) >= 11 is 3.24. The van der Waals surface area contributed by atoms with Crippen LogP contribution in [0.5, 0.6) is 0 Å². The molecule has 0 bridgehead atoms. The van der Waals surface area contributed by atoms with Crippen LogP contribution in [0.4, 0.5) is 0 Å². The van der Waals surface area contributed by atoms with Crippen LogP contribution < -0.4 is 0 Å². The van der Waals surface area contributed by atoms with Crippen LogP contribution in [0.25, 0.3) is 0 Å². The van der Waals surface area contributed by atoms with Gasteiger partial charge in [0.2, 0.25) is 0 Å². The minimum absolute atomic E-state index is 0. The topological polar surface area (TPSA) is 63.2 Å². The quantitative estimate of drug-likeness (QED) is 0.495. The van der Waals surface area contributed by atoms with Crippen LogP contribution in [0.3, 0.4) is 0 Å². The zero-order valence-corrected chi connectivity index (χ0v) is 8.42. The molecule has 0 atom stereocenters. The molecule has 0 aliphatic rings. The van der Waals surface area contributed by atoms with Crippen LogP contribution >= 0.6 is 0 Å². The van der Waals surface area contributed by atoms with E-state index >= 15 is 0 Å². The number of hydrogen-bond acceptors (Lipinski definition) is 4. The van der Waals surface area contributed by atoms with E-state index in [2.05, 4.69) is 11.2 Å². The number of hydrogen-bond donors (Lipinski definition) is 0. The molecule has 6 heavy (non-hydrogen) atoms. The van der Waals surface area contributed by atoms with Crippen molar-refractivity contribution in [1.29, 1.82) is 0 Å². The standard InChI is InChI=1S/Cd.H2O3S2/c;1-5(2,3)4/h;(H2,1,2,3,4)/q+2;/p-2. The van der Waals surface area contributed by atoms with E-state index in [1.165, 1.54) is 0 Å². The Kier molecular flexibility index (Phi) is 5.54. The van der Waals surface area contributed by atoms with Crippen molar-refractivity contribution < 1.29 is 40.6 Å². The molecule has 0 aliphatic carbocycles. The molecule has 0 aromatic rings. The van der Waals surface area contributed by atoms with Crippen LogP contribution in [0.1, 0.15) is 0 Å². The van der Waals surface area contributed by atoms with Crippen LogP contribution in [0.2, 0.25) is 0 Å². The molecule has 0 saturated carbocycles. The average Bonchev–Trinajstić information content (AvgIpc) is 0.722. The molecule has 0 unspecified atom stereocenters. The molecule has 32 valence electrons.